The van der Waals surface area contributed by atoms with Crippen molar-refractivity contribution >= 4 is 0 Å². The van der Waals surface area contributed by atoms with Crippen LogP contribution in [0, 0.1) is 5.92 Å². The van der Waals surface area contributed by atoms with E-state index in [9.17, 15) is 0 Å². The van der Waals surface area contributed by atoms with Gasteiger partial charge in [-0.1, -0.05) is 25.3 Å². The van der Waals surface area contributed by atoms with Crippen LogP contribution in [-0.2, 0) is 4.74 Å². The zero-order valence-electron chi connectivity index (χ0n) is 12.6. The molecule has 1 unspecified atom stereocenters. The summed E-state index contributed by atoms with van der Waals surface area (Å²) in [5.41, 5.74) is 7.25. The number of hydrogen-bond donors (Lipinski definition) is 1. The van der Waals surface area contributed by atoms with Gasteiger partial charge in [-0.05, 0) is 30.0 Å². The zero-order valence-corrected chi connectivity index (χ0v) is 12.6. The molecule has 1 fully saturated rings. The summed E-state index contributed by atoms with van der Waals surface area (Å²) in [5, 5.41) is 0. The van der Waals surface area contributed by atoms with Gasteiger partial charge in [-0.2, -0.15) is 0 Å². The Labute approximate surface area is 126 Å². The van der Waals surface area contributed by atoms with Crippen LogP contribution in [0.3, 0.4) is 0 Å². The molecule has 1 heterocycles. The number of nitrogens with two attached hydrogens (primary N) is 1. The molecule has 116 valence electrons. The molecular formula is C17H25NO3. The van der Waals surface area contributed by atoms with Crippen LogP contribution in [0.25, 0.3) is 0 Å². The van der Waals surface area contributed by atoms with Gasteiger partial charge in [0.05, 0.1) is 25.9 Å². The fraction of sp³-hybridized carbons (Fsp3) is 0.647. The summed E-state index contributed by atoms with van der Waals surface area (Å²) in [5.74, 6) is 2.50. The van der Waals surface area contributed by atoms with Gasteiger partial charge in [-0.15, -0.1) is 0 Å². The molecule has 3 rings (SSSR count). The van der Waals surface area contributed by atoms with Gasteiger partial charge in [0, 0.05) is 13.0 Å². The van der Waals surface area contributed by atoms with Gasteiger partial charge >= 0.3 is 0 Å². The Hall–Kier alpha value is -1.26. The summed E-state index contributed by atoms with van der Waals surface area (Å²) < 4.78 is 17.1. The molecule has 4 nitrogen and oxygen atoms in total. The van der Waals surface area contributed by atoms with E-state index >= 15 is 0 Å². The van der Waals surface area contributed by atoms with E-state index in [1.807, 2.05) is 18.2 Å². The van der Waals surface area contributed by atoms with Gasteiger partial charge in [0.25, 0.3) is 0 Å². The first-order chi connectivity index (χ1) is 10.3. The minimum absolute atomic E-state index is 0.108. The van der Waals surface area contributed by atoms with E-state index in [2.05, 4.69) is 0 Å². The molecule has 0 spiro atoms. The van der Waals surface area contributed by atoms with Crippen LogP contribution in [0.2, 0.25) is 0 Å². The van der Waals surface area contributed by atoms with Crippen molar-refractivity contribution in [2.24, 2.45) is 11.7 Å². The molecule has 1 aliphatic heterocycles. The lowest BCUT2D eigenvalue weighted by Gasteiger charge is -2.25. The first-order valence-corrected chi connectivity index (χ1v) is 8.06. The van der Waals surface area contributed by atoms with E-state index in [4.69, 9.17) is 19.9 Å². The average molecular weight is 291 g/mol. The van der Waals surface area contributed by atoms with Crippen molar-refractivity contribution in [3.8, 4) is 11.5 Å². The fourth-order valence-corrected chi connectivity index (χ4v) is 2.75. The monoisotopic (exact) mass is 291 g/mol. The second kappa shape index (κ2) is 7.14. The highest BCUT2D eigenvalue weighted by atomic mass is 16.5. The maximum Gasteiger partial charge on any atom is 0.161 e. The van der Waals surface area contributed by atoms with E-state index in [0.29, 0.717) is 19.8 Å². The average Bonchev–Trinajstić information content (AvgIpc) is 2.69. The van der Waals surface area contributed by atoms with Crippen LogP contribution in [0.4, 0.5) is 0 Å². The summed E-state index contributed by atoms with van der Waals surface area (Å²) in [4.78, 5) is 0. The predicted octanol–water partition coefficient (Wildman–Crippen LogP) is 3.05. The SMILES string of the molecule is NC(COCCC1CCC1)c1ccc2c(c1)OCCCO2. The number of hydrogen-bond acceptors (Lipinski definition) is 4. The highest BCUT2D eigenvalue weighted by molar-refractivity contribution is 5.44. The van der Waals surface area contributed by atoms with Gasteiger partial charge in [-0.3, -0.25) is 0 Å². The van der Waals surface area contributed by atoms with E-state index in [1.165, 1.54) is 25.7 Å². The number of rotatable bonds is 6. The Bertz CT molecular complexity index is 459. The van der Waals surface area contributed by atoms with Gasteiger partial charge in [0.2, 0.25) is 0 Å². The van der Waals surface area contributed by atoms with E-state index in [1.54, 1.807) is 0 Å². The summed E-state index contributed by atoms with van der Waals surface area (Å²) >= 11 is 0. The van der Waals surface area contributed by atoms with Crippen LogP contribution in [0.1, 0.15) is 43.7 Å². The molecule has 1 aromatic carbocycles. The minimum Gasteiger partial charge on any atom is -0.490 e. The van der Waals surface area contributed by atoms with E-state index < -0.39 is 0 Å². The fourth-order valence-electron chi connectivity index (χ4n) is 2.75. The molecule has 21 heavy (non-hydrogen) atoms. The third kappa shape index (κ3) is 3.89. The summed E-state index contributed by atoms with van der Waals surface area (Å²) in [6, 6.07) is 5.83. The summed E-state index contributed by atoms with van der Waals surface area (Å²) in [6.07, 6.45) is 6.23. The maximum absolute atomic E-state index is 6.21. The van der Waals surface area contributed by atoms with Crippen molar-refractivity contribution in [3.63, 3.8) is 0 Å². The number of benzene rings is 1. The topological polar surface area (TPSA) is 53.7 Å². The molecule has 0 radical (unpaired) electrons. The summed E-state index contributed by atoms with van der Waals surface area (Å²) in [7, 11) is 0. The van der Waals surface area contributed by atoms with Gasteiger partial charge < -0.3 is 19.9 Å². The van der Waals surface area contributed by atoms with Crippen molar-refractivity contribution in [1.82, 2.24) is 0 Å². The molecule has 0 amide bonds. The van der Waals surface area contributed by atoms with Crippen molar-refractivity contribution in [1.29, 1.82) is 0 Å². The molecule has 0 aromatic heterocycles. The van der Waals surface area contributed by atoms with Gasteiger partial charge in [0.1, 0.15) is 0 Å². The Balaban J connectivity index is 1.49. The van der Waals surface area contributed by atoms with Gasteiger partial charge in [-0.25, -0.2) is 0 Å². The normalized spacial score (nSPS) is 19.7. The van der Waals surface area contributed by atoms with Gasteiger partial charge in [0.15, 0.2) is 11.5 Å². The third-order valence-corrected chi connectivity index (χ3v) is 4.39. The van der Waals surface area contributed by atoms with Crippen LogP contribution in [0.5, 0.6) is 11.5 Å². The highest BCUT2D eigenvalue weighted by Gasteiger charge is 2.17. The van der Waals surface area contributed by atoms with Crippen LogP contribution >= 0.6 is 0 Å². The maximum atomic E-state index is 6.21. The van der Waals surface area contributed by atoms with Crippen molar-refractivity contribution in [3.05, 3.63) is 23.8 Å². The third-order valence-electron chi connectivity index (χ3n) is 4.39. The second-order valence-electron chi connectivity index (χ2n) is 6.02. The molecule has 2 aliphatic rings. The Kier molecular flexibility index (Phi) is 4.99. The highest BCUT2D eigenvalue weighted by Crippen LogP contribution is 2.32. The first-order valence-electron chi connectivity index (χ1n) is 8.06. The molecule has 1 aliphatic carbocycles. The largest absolute Gasteiger partial charge is 0.490 e. The van der Waals surface area contributed by atoms with Crippen molar-refractivity contribution in [2.45, 2.75) is 38.1 Å². The molecule has 1 saturated carbocycles. The van der Waals surface area contributed by atoms with Crippen LogP contribution < -0.4 is 15.2 Å². The molecular weight excluding hydrogens is 266 g/mol. The molecule has 2 N–H and O–H groups in total. The van der Waals surface area contributed by atoms with Crippen molar-refractivity contribution < 1.29 is 14.2 Å². The quantitative estimate of drug-likeness (QED) is 0.818. The van der Waals surface area contributed by atoms with E-state index in [-0.39, 0.29) is 6.04 Å². The van der Waals surface area contributed by atoms with Crippen molar-refractivity contribution in [2.75, 3.05) is 26.4 Å². The zero-order chi connectivity index (χ0) is 14.5. The molecule has 0 saturated heterocycles. The summed E-state index contributed by atoms with van der Waals surface area (Å²) in [6.45, 7) is 2.79. The standard InChI is InChI=1S/C17H25NO3/c18-15(12-19-10-7-13-3-1-4-13)14-5-6-16-17(11-14)21-9-2-8-20-16/h5-6,11,13,15H,1-4,7-10,12,18H2. The molecule has 4 heteroatoms. The number of ether oxygens (including phenoxy) is 3. The smallest absolute Gasteiger partial charge is 0.161 e. The second-order valence-corrected chi connectivity index (χ2v) is 6.02. The van der Waals surface area contributed by atoms with Crippen LogP contribution in [0.15, 0.2) is 18.2 Å². The molecule has 1 atom stereocenters. The predicted molar refractivity (Wildman–Crippen MR) is 81.8 cm³/mol. The lowest BCUT2D eigenvalue weighted by Crippen LogP contribution is -2.19. The Morgan fingerprint density at radius 2 is 1.95 bits per heavy atom. The van der Waals surface area contributed by atoms with E-state index in [0.717, 1.165) is 36.0 Å². The minimum atomic E-state index is -0.108. The Morgan fingerprint density at radius 1 is 1.14 bits per heavy atom. The number of fused-ring (bicyclic) bond motifs is 1. The molecule has 1 aromatic rings. The lowest BCUT2D eigenvalue weighted by molar-refractivity contribution is 0.0961. The van der Waals surface area contributed by atoms with Crippen LogP contribution in [-0.4, -0.2) is 26.4 Å². The Morgan fingerprint density at radius 3 is 2.71 bits per heavy atom. The lowest BCUT2D eigenvalue weighted by atomic mass is 9.83. The molecule has 0 bridgehead atoms. The first kappa shape index (κ1) is 14.7.